The predicted molar refractivity (Wildman–Crippen MR) is 69.1 cm³/mol. The first kappa shape index (κ1) is 12.2. The Kier molecular flexibility index (Phi) is 3.32. The van der Waals surface area contributed by atoms with Gasteiger partial charge >= 0.3 is 6.03 Å². The Balaban J connectivity index is 2.10. The molecule has 0 aliphatic heterocycles. The van der Waals surface area contributed by atoms with Crippen LogP contribution < -0.4 is 11.1 Å². The molecular formula is C13H15N3O2. The molecule has 5 nitrogen and oxygen atoms in total. The van der Waals surface area contributed by atoms with E-state index in [9.17, 15) is 9.59 Å². The molecule has 5 heteroatoms. The van der Waals surface area contributed by atoms with E-state index in [1.807, 2.05) is 25.3 Å². The molecule has 0 saturated heterocycles. The number of carbonyl (C=O) groups is 2. The fraction of sp³-hybridized carbons (Fsp3) is 0.231. The first-order valence-electron chi connectivity index (χ1n) is 5.72. The smallest absolute Gasteiger partial charge is 0.318 e. The number of H-pyrrole nitrogens is 1. The number of urea groups is 1. The van der Waals surface area contributed by atoms with Crippen LogP contribution in [0, 0.1) is 6.92 Å². The standard InChI is InChI=1S/C13H15N3O2/c1-8-2-4-11-10(6-8)9(7-15-11)3-5-12(17)16-13(14)18/h2,4,6-7,15H,3,5H2,1H3,(H3,14,16,17,18). The highest BCUT2D eigenvalue weighted by Gasteiger charge is 2.08. The summed E-state index contributed by atoms with van der Waals surface area (Å²) in [6.45, 7) is 2.02. The van der Waals surface area contributed by atoms with E-state index in [-0.39, 0.29) is 12.3 Å². The molecule has 2 aromatic rings. The quantitative estimate of drug-likeness (QED) is 0.767. The number of aryl methyl sites for hydroxylation is 2. The van der Waals surface area contributed by atoms with Crippen LogP contribution in [0.15, 0.2) is 24.4 Å². The molecule has 1 aromatic carbocycles. The van der Waals surface area contributed by atoms with E-state index in [0.717, 1.165) is 16.5 Å². The maximum atomic E-state index is 11.3. The minimum Gasteiger partial charge on any atom is -0.361 e. The second kappa shape index (κ2) is 4.91. The maximum Gasteiger partial charge on any atom is 0.318 e. The third kappa shape index (κ3) is 2.68. The number of benzene rings is 1. The lowest BCUT2D eigenvalue weighted by Crippen LogP contribution is -2.35. The van der Waals surface area contributed by atoms with Gasteiger partial charge in [-0.3, -0.25) is 10.1 Å². The third-order valence-corrected chi connectivity index (χ3v) is 2.81. The Morgan fingerprint density at radius 2 is 2.17 bits per heavy atom. The number of aromatic amines is 1. The Morgan fingerprint density at radius 3 is 2.89 bits per heavy atom. The summed E-state index contributed by atoms with van der Waals surface area (Å²) < 4.78 is 0. The minimum atomic E-state index is -0.810. The molecule has 18 heavy (non-hydrogen) atoms. The van der Waals surface area contributed by atoms with Crippen LogP contribution in [0.4, 0.5) is 4.79 Å². The van der Waals surface area contributed by atoms with Gasteiger partial charge in [-0.1, -0.05) is 11.6 Å². The first-order valence-corrected chi connectivity index (χ1v) is 5.72. The van der Waals surface area contributed by atoms with Crippen LogP contribution in [-0.2, 0) is 11.2 Å². The fourth-order valence-corrected chi connectivity index (χ4v) is 1.95. The molecule has 1 aromatic heterocycles. The summed E-state index contributed by atoms with van der Waals surface area (Å²) >= 11 is 0. The summed E-state index contributed by atoms with van der Waals surface area (Å²) in [5, 5.41) is 3.17. The van der Waals surface area contributed by atoms with Crippen molar-refractivity contribution in [1.82, 2.24) is 10.3 Å². The third-order valence-electron chi connectivity index (χ3n) is 2.81. The van der Waals surface area contributed by atoms with Crippen LogP contribution in [0.5, 0.6) is 0 Å². The molecule has 1 heterocycles. The number of hydrogen-bond donors (Lipinski definition) is 3. The van der Waals surface area contributed by atoms with Crippen molar-refractivity contribution in [3.8, 4) is 0 Å². The fourth-order valence-electron chi connectivity index (χ4n) is 1.95. The molecule has 4 N–H and O–H groups in total. The molecule has 0 radical (unpaired) electrons. The highest BCUT2D eigenvalue weighted by Crippen LogP contribution is 2.20. The lowest BCUT2D eigenvalue weighted by molar-refractivity contribution is -0.119. The van der Waals surface area contributed by atoms with Gasteiger partial charge in [-0.2, -0.15) is 0 Å². The van der Waals surface area contributed by atoms with Crippen LogP contribution in [-0.4, -0.2) is 16.9 Å². The molecule has 94 valence electrons. The number of primary amides is 1. The maximum absolute atomic E-state index is 11.3. The Labute approximate surface area is 104 Å². The zero-order valence-corrected chi connectivity index (χ0v) is 10.1. The van der Waals surface area contributed by atoms with Gasteiger partial charge in [0, 0.05) is 23.5 Å². The number of nitrogens with one attached hydrogen (secondary N) is 2. The Hall–Kier alpha value is -2.30. The summed E-state index contributed by atoms with van der Waals surface area (Å²) in [6, 6.07) is 5.31. The van der Waals surface area contributed by atoms with Crippen molar-refractivity contribution >= 4 is 22.8 Å². The van der Waals surface area contributed by atoms with E-state index in [4.69, 9.17) is 5.73 Å². The molecule has 0 aliphatic carbocycles. The van der Waals surface area contributed by atoms with Crippen molar-refractivity contribution in [3.63, 3.8) is 0 Å². The number of carbonyl (C=O) groups excluding carboxylic acids is 2. The monoisotopic (exact) mass is 245 g/mol. The number of nitrogens with two attached hydrogens (primary N) is 1. The number of hydrogen-bond acceptors (Lipinski definition) is 2. The average Bonchev–Trinajstić information content (AvgIpc) is 2.68. The average molecular weight is 245 g/mol. The van der Waals surface area contributed by atoms with Crippen molar-refractivity contribution in [2.45, 2.75) is 19.8 Å². The zero-order chi connectivity index (χ0) is 13.1. The Bertz CT molecular complexity index is 601. The predicted octanol–water partition coefficient (Wildman–Crippen LogP) is 1.60. The van der Waals surface area contributed by atoms with Crippen LogP contribution in [0.1, 0.15) is 17.5 Å². The van der Waals surface area contributed by atoms with Gasteiger partial charge in [-0.15, -0.1) is 0 Å². The van der Waals surface area contributed by atoms with Gasteiger partial charge < -0.3 is 10.7 Å². The van der Waals surface area contributed by atoms with E-state index in [1.54, 1.807) is 0 Å². The summed E-state index contributed by atoms with van der Waals surface area (Å²) in [4.78, 5) is 25.0. The van der Waals surface area contributed by atoms with Crippen LogP contribution >= 0.6 is 0 Å². The largest absolute Gasteiger partial charge is 0.361 e. The van der Waals surface area contributed by atoms with Gasteiger partial charge in [0.1, 0.15) is 0 Å². The summed E-state index contributed by atoms with van der Waals surface area (Å²) in [6.07, 6.45) is 2.70. The molecule has 2 rings (SSSR count). The van der Waals surface area contributed by atoms with Crippen LogP contribution in [0.3, 0.4) is 0 Å². The lowest BCUT2D eigenvalue weighted by atomic mass is 10.1. The van der Waals surface area contributed by atoms with Gasteiger partial charge in [-0.25, -0.2) is 4.79 Å². The number of aromatic nitrogens is 1. The van der Waals surface area contributed by atoms with Crippen molar-refractivity contribution < 1.29 is 9.59 Å². The van der Waals surface area contributed by atoms with Crippen LogP contribution in [0.2, 0.25) is 0 Å². The molecule has 0 spiro atoms. The molecule has 0 unspecified atom stereocenters. The number of amides is 3. The highest BCUT2D eigenvalue weighted by atomic mass is 16.2. The number of fused-ring (bicyclic) bond motifs is 1. The molecule has 0 saturated carbocycles. The highest BCUT2D eigenvalue weighted by molar-refractivity contribution is 5.93. The second-order valence-electron chi connectivity index (χ2n) is 4.28. The van der Waals surface area contributed by atoms with Gasteiger partial charge in [0.15, 0.2) is 0 Å². The van der Waals surface area contributed by atoms with Crippen molar-refractivity contribution in [2.24, 2.45) is 5.73 Å². The summed E-state index contributed by atoms with van der Waals surface area (Å²) in [5.41, 5.74) is 8.16. The lowest BCUT2D eigenvalue weighted by Gasteiger charge is -2.01. The van der Waals surface area contributed by atoms with E-state index < -0.39 is 6.03 Å². The summed E-state index contributed by atoms with van der Waals surface area (Å²) in [7, 11) is 0. The van der Waals surface area contributed by atoms with Gasteiger partial charge in [0.25, 0.3) is 0 Å². The summed E-state index contributed by atoms with van der Waals surface area (Å²) in [5.74, 6) is -0.357. The van der Waals surface area contributed by atoms with E-state index in [0.29, 0.717) is 6.42 Å². The molecule has 0 fully saturated rings. The van der Waals surface area contributed by atoms with E-state index >= 15 is 0 Å². The van der Waals surface area contributed by atoms with Crippen LogP contribution in [0.25, 0.3) is 10.9 Å². The van der Waals surface area contributed by atoms with Gasteiger partial charge in [0.05, 0.1) is 0 Å². The van der Waals surface area contributed by atoms with Crippen molar-refractivity contribution in [2.75, 3.05) is 0 Å². The minimum absolute atomic E-state index is 0.240. The molecule has 3 amide bonds. The molecule has 0 aliphatic rings. The molecule has 0 bridgehead atoms. The number of rotatable bonds is 3. The SMILES string of the molecule is Cc1ccc2[nH]cc(CCC(=O)NC(N)=O)c2c1. The zero-order valence-electron chi connectivity index (χ0n) is 10.1. The van der Waals surface area contributed by atoms with Crippen molar-refractivity contribution in [3.05, 3.63) is 35.5 Å². The topological polar surface area (TPSA) is 88.0 Å². The first-order chi connectivity index (χ1) is 8.56. The molecular weight excluding hydrogens is 230 g/mol. The number of imide groups is 1. The van der Waals surface area contributed by atoms with E-state index in [1.165, 1.54) is 5.56 Å². The molecule has 0 atom stereocenters. The normalized spacial score (nSPS) is 10.5. The van der Waals surface area contributed by atoms with Gasteiger partial charge in [-0.05, 0) is 31.0 Å². The second-order valence-corrected chi connectivity index (χ2v) is 4.28. The Morgan fingerprint density at radius 1 is 1.39 bits per heavy atom. The van der Waals surface area contributed by atoms with Crippen molar-refractivity contribution in [1.29, 1.82) is 0 Å². The van der Waals surface area contributed by atoms with E-state index in [2.05, 4.69) is 16.4 Å². The van der Waals surface area contributed by atoms with Gasteiger partial charge in [0.2, 0.25) is 5.91 Å².